The predicted octanol–water partition coefficient (Wildman–Crippen LogP) is 5.18. The monoisotopic (exact) mass is 329 g/mol. The van der Waals surface area contributed by atoms with Gasteiger partial charge in [-0.2, -0.15) is 13.2 Å². The maximum absolute atomic E-state index is 13.7. The fourth-order valence-electron chi connectivity index (χ4n) is 1.70. The van der Waals surface area contributed by atoms with E-state index in [0.29, 0.717) is 17.7 Å². The number of pyridine rings is 1. The molecule has 0 aliphatic carbocycles. The first kappa shape index (κ1) is 18.4. The maximum atomic E-state index is 13.7. The highest BCUT2D eigenvalue weighted by Crippen LogP contribution is 2.32. The van der Waals surface area contributed by atoms with Gasteiger partial charge in [-0.15, -0.1) is 4.37 Å². The van der Waals surface area contributed by atoms with Gasteiger partial charge in [-0.05, 0) is 18.6 Å². The van der Waals surface area contributed by atoms with Crippen molar-refractivity contribution in [3.05, 3.63) is 24.5 Å². The highest BCUT2D eigenvalue weighted by molar-refractivity contribution is 6.99. The van der Waals surface area contributed by atoms with Crippen LogP contribution in [0.1, 0.15) is 46.5 Å². The van der Waals surface area contributed by atoms with Gasteiger partial charge in [-0.25, -0.2) is 0 Å². The molecule has 0 atom stereocenters. The van der Waals surface area contributed by atoms with Gasteiger partial charge in [0.1, 0.15) is 5.69 Å². The van der Waals surface area contributed by atoms with Crippen molar-refractivity contribution in [2.45, 2.75) is 52.6 Å². The first-order valence-electron chi connectivity index (χ1n) is 7.42. The minimum absolute atomic E-state index is 0.135. The summed E-state index contributed by atoms with van der Waals surface area (Å²) in [5, 5.41) is 0. The highest BCUT2D eigenvalue weighted by Gasteiger charge is 2.33. The third-order valence-corrected chi connectivity index (χ3v) is 3.22. The van der Waals surface area contributed by atoms with Crippen molar-refractivity contribution >= 4 is 11.7 Å². The molecular weight excluding hydrogens is 308 g/mol. The zero-order chi connectivity index (χ0) is 16.4. The van der Waals surface area contributed by atoms with Gasteiger partial charge >= 0.3 is 6.11 Å². The maximum Gasteiger partial charge on any atom is 0.399 e. The lowest BCUT2D eigenvalue weighted by Crippen LogP contribution is -2.24. The number of halogens is 2. The third-order valence-electron chi connectivity index (χ3n) is 2.71. The molecule has 0 aliphatic rings. The van der Waals surface area contributed by atoms with E-state index < -0.39 is 6.11 Å². The Kier molecular flexibility index (Phi) is 7.87. The Bertz CT molecular complexity index is 535. The number of aromatic nitrogens is 3. The van der Waals surface area contributed by atoms with Crippen molar-refractivity contribution < 1.29 is 13.5 Å². The Hall–Kier alpha value is -1.63. The lowest BCUT2D eigenvalue weighted by molar-refractivity contribution is -0.182. The Morgan fingerprint density at radius 2 is 2.00 bits per heavy atom. The second-order valence-electron chi connectivity index (χ2n) is 4.36. The van der Waals surface area contributed by atoms with Crippen molar-refractivity contribution in [2.75, 3.05) is 0 Å². The molecule has 4 nitrogen and oxygen atoms in total. The summed E-state index contributed by atoms with van der Waals surface area (Å²) < 4.78 is 40.0. The van der Waals surface area contributed by atoms with E-state index in [1.807, 2.05) is 20.8 Å². The van der Waals surface area contributed by atoms with Crippen LogP contribution in [0.2, 0.25) is 0 Å². The van der Waals surface area contributed by atoms with Gasteiger partial charge in [0.05, 0.1) is 18.1 Å². The van der Waals surface area contributed by atoms with Crippen LogP contribution in [0.3, 0.4) is 0 Å². The number of hydrogen-bond donors (Lipinski definition) is 0. The highest BCUT2D eigenvalue weighted by atomic mass is 32.1. The average Bonchev–Trinajstić information content (AvgIpc) is 2.97. The molecular formula is C15H21F2N3OS. The van der Waals surface area contributed by atoms with E-state index in [1.54, 1.807) is 24.5 Å². The zero-order valence-corrected chi connectivity index (χ0v) is 13.9. The summed E-state index contributed by atoms with van der Waals surface area (Å²) in [5.41, 5.74) is 0.916. The Labute approximate surface area is 133 Å². The summed E-state index contributed by atoms with van der Waals surface area (Å²) in [5.74, 6) is -0.135. The van der Waals surface area contributed by atoms with E-state index in [0.717, 1.165) is 24.6 Å². The number of rotatable bonds is 7. The van der Waals surface area contributed by atoms with Gasteiger partial charge in [-0.3, -0.25) is 4.98 Å². The second-order valence-corrected chi connectivity index (χ2v) is 4.88. The number of alkyl halides is 2. The average molecular weight is 329 g/mol. The van der Waals surface area contributed by atoms with Crippen molar-refractivity contribution in [1.29, 1.82) is 0 Å². The second kappa shape index (κ2) is 9.40. The molecule has 122 valence electrons. The molecule has 2 heterocycles. The van der Waals surface area contributed by atoms with Gasteiger partial charge in [0.2, 0.25) is 0 Å². The van der Waals surface area contributed by atoms with Gasteiger partial charge in [0.15, 0.2) is 0 Å². The van der Waals surface area contributed by atoms with Crippen molar-refractivity contribution in [2.24, 2.45) is 0 Å². The molecule has 0 aromatic carbocycles. The Morgan fingerprint density at radius 1 is 1.23 bits per heavy atom. The van der Waals surface area contributed by atoms with Crippen LogP contribution < -0.4 is 4.74 Å². The third kappa shape index (κ3) is 5.63. The molecule has 2 aromatic heterocycles. The number of nitrogens with zero attached hydrogens (tertiary/aromatic N) is 3. The van der Waals surface area contributed by atoms with Crippen LogP contribution >= 0.6 is 11.7 Å². The van der Waals surface area contributed by atoms with Crippen LogP contribution in [0, 0.1) is 0 Å². The van der Waals surface area contributed by atoms with Crippen LogP contribution in [0.4, 0.5) is 8.78 Å². The number of hydrogen-bond acceptors (Lipinski definition) is 5. The summed E-state index contributed by atoms with van der Waals surface area (Å²) in [6.07, 6.45) is 1.66. The van der Waals surface area contributed by atoms with Crippen LogP contribution in [0.5, 0.6) is 5.88 Å². The molecule has 0 spiro atoms. The van der Waals surface area contributed by atoms with Gasteiger partial charge in [0.25, 0.3) is 5.88 Å². The normalized spacial score (nSPS) is 10.8. The minimum Gasteiger partial charge on any atom is -0.411 e. The fraction of sp³-hybridized carbons (Fsp3) is 0.533. The van der Waals surface area contributed by atoms with E-state index >= 15 is 0 Å². The van der Waals surface area contributed by atoms with Crippen molar-refractivity contribution in [3.63, 3.8) is 0 Å². The molecule has 0 unspecified atom stereocenters. The summed E-state index contributed by atoms with van der Waals surface area (Å²) in [4.78, 5) is 3.93. The Balaban J connectivity index is 0.00000116. The summed E-state index contributed by atoms with van der Waals surface area (Å²) in [6, 6.07) is 3.43. The van der Waals surface area contributed by atoms with Gasteiger partial charge < -0.3 is 4.74 Å². The molecule has 2 rings (SSSR count). The smallest absolute Gasteiger partial charge is 0.399 e. The standard InChI is InChI=1S/C13H15F2N3OS.C2H6/c1-2-3-4-7-13(14,15)19-12-11(17-20-18-12)10-6-5-8-16-9-10;1-2/h5-6,8-9H,2-4,7H2,1H3;1-2H3. The molecule has 0 aliphatic heterocycles. The molecule has 0 amide bonds. The quantitative estimate of drug-likeness (QED) is 0.657. The molecule has 0 fully saturated rings. The van der Waals surface area contributed by atoms with Gasteiger partial charge in [0, 0.05) is 18.0 Å². The van der Waals surface area contributed by atoms with E-state index in [4.69, 9.17) is 4.74 Å². The molecule has 0 radical (unpaired) electrons. The summed E-state index contributed by atoms with van der Waals surface area (Å²) in [7, 11) is 0. The molecule has 2 aromatic rings. The molecule has 7 heteroatoms. The van der Waals surface area contributed by atoms with Crippen LogP contribution in [-0.4, -0.2) is 19.8 Å². The van der Waals surface area contributed by atoms with E-state index in [1.165, 1.54) is 0 Å². The summed E-state index contributed by atoms with van der Waals surface area (Å²) >= 11 is 0.844. The van der Waals surface area contributed by atoms with Crippen LogP contribution in [-0.2, 0) is 0 Å². The number of ether oxygens (including phenoxy) is 1. The lowest BCUT2D eigenvalue weighted by Gasteiger charge is -2.16. The molecule has 22 heavy (non-hydrogen) atoms. The molecule has 0 N–H and O–H groups in total. The molecule has 0 bridgehead atoms. The van der Waals surface area contributed by atoms with E-state index in [9.17, 15) is 8.78 Å². The topological polar surface area (TPSA) is 47.9 Å². The van der Waals surface area contributed by atoms with Crippen LogP contribution in [0.25, 0.3) is 11.3 Å². The van der Waals surface area contributed by atoms with E-state index in [2.05, 4.69) is 13.7 Å². The van der Waals surface area contributed by atoms with Crippen molar-refractivity contribution in [1.82, 2.24) is 13.7 Å². The minimum atomic E-state index is -3.22. The van der Waals surface area contributed by atoms with E-state index in [-0.39, 0.29) is 12.3 Å². The van der Waals surface area contributed by atoms with Gasteiger partial charge in [-0.1, -0.05) is 33.6 Å². The molecule has 0 saturated carbocycles. The SMILES string of the molecule is CC.CCCCCC(F)(F)Oc1nsnc1-c1cccnc1. The first-order valence-corrected chi connectivity index (χ1v) is 8.15. The Morgan fingerprint density at radius 3 is 2.64 bits per heavy atom. The lowest BCUT2D eigenvalue weighted by atomic mass is 10.2. The largest absolute Gasteiger partial charge is 0.411 e. The van der Waals surface area contributed by atoms with Crippen molar-refractivity contribution in [3.8, 4) is 17.1 Å². The molecule has 0 saturated heterocycles. The fourth-order valence-corrected chi connectivity index (χ4v) is 2.20. The first-order chi connectivity index (χ1) is 10.6. The predicted molar refractivity (Wildman–Crippen MR) is 84.2 cm³/mol. The number of unbranched alkanes of at least 4 members (excludes halogenated alkanes) is 2. The van der Waals surface area contributed by atoms with Crippen LogP contribution in [0.15, 0.2) is 24.5 Å². The zero-order valence-electron chi connectivity index (χ0n) is 13.1. The summed E-state index contributed by atoms with van der Waals surface area (Å²) in [6.45, 7) is 5.96.